The number of aromatic hydroxyl groups is 1. The Morgan fingerprint density at radius 1 is 1.30 bits per heavy atom. The van der Waals surface area contributed by atoms with Crippen LogP contribution in [0.4, 0.5) is 0 Å². The molecule has 1 unspecified atom stereocenters. The van der Waals surface area contributed by atoms with Crippen LogP contribution in [0.25, 0.3) is 0 Å². The molecule has 0 bridgehead atoms. The summed E-state index contributed by atoms with van der Waals surface area (Å²) >= 11 is 0. The molecule has 0 radical (unpaired) electrons. The van der Waals surface area contributed by atoms with Crippen molar-refractivity contribution in [3.05, 3.63) is 53.3 Å². The van der Waals surface area contributed by atoms with E-state index in [1.54, 1.807) is 12.1 Å². The molecule has 0 heterocycles. The zero-order valence-corrected chi connectivity index (χ0v) is 14.0. The van der Waals surface area contributed by atoms with E-state index in [0.717, 1.165) is 43.5 Å². The number of hydrogen-bond acceptors (Lipinski definition) is 3. The van der Waals surface area contributed by atoms with Gasteiger partial charge in [-0.2, -0.15) is 0 Å². The van der Waals surface area contributed by atoms with Gasteiger partial charge < -0.3 is 15.7 Å². The lowest BCUT2D eigenvalue weighted by Crippen LogP contribution is -2.40. The van der Waals surface area contributed by atoms with E-state index in [1.807, 2.05) is 6.92 Å². The van der Waals surface area contributed by atoms with Gasteiger partial charge in [0, 0.05) is 17.8 Å². The molecule has 1 fully saturated rings. The smallest absolute Gasteiger partial charge is 0.251 e. The number of phenolic OH excluding ortho intramolecular Hbond substituents is 1. The number of benzene rings is 1. The molecule has 1 atom stereocenters. The first-order chi connectivity index (χ1) is 11.0. The SMILES string of the molecule is C=C(C)CNC(=C1CC1)C(CCC)NC(=O)c1ccc(O)cc1. The second kappa shape index (κ2) is 7.86. The van der Waals surface area contributed by atoms with Crippen LogP contribution in [0.5, 0.6) is 5.75 Å². The van der Waals surface area contributed by atoms with Gasteiger partial charge in [-0.25, -0.2) is 0 Å². The predicted molar refractivity (Wildman–Crippen MR) is 93.3 cm³/mol. The Balaban J connectivity index is 2.10. The zero-order chi connectivity index (χ0) is 16.8. The summed E-state index contributed by atoms with van der Waals surface area (Å²) in [6.07, 6.45) is 4.10. The molecule has 4 nitrogen and oxygen atoms in total. The number of amides is 1. The van der Waals surface area contributed by atoms with Crippen LogP contribution in [0.1, 0.15) is 49.9 Å². The Morgan fingerprint density at radius 2 is 1.96 bits per heavy atom. The molecule has 2 rings (SSSR count). The van der Waals surface area contributed by atoms with Gasteiger partial charge in [0.25, 0.3) is 5.91 Å². The van der Waals surface area contributed by atoms with Crippen LogP contribution in [0, 0.1) is 0 Å². The second-order valence-electron chi connectivity index (χ2n) is 6.19. The second-order valence-corrected chi connectivity index (χ2v) is 6.19. The summed E-state index contributed by atoms with van der Waals surface area (Å²) in [4.78, 5) is 12.5. The molecular weight excluding hydrogens is 288 g/mol. The summed E-state index contributed by atoms with van der Waals surface area (Å²) in [5.41, 5.74) is 4.19. The Bertz CT molecular complexity index is 596. The standard InChI is InChI=1S/C19H26N2O2/c1-4-5-17(18(14-6-7-14)20-12-13(2)3)21-19(23)15-8-10-16(22)11-9-15/h8-11,17,20,22H,2,4-7,12H2,1,3H3,(H,21,23). The van der Waals surface area contributed by atoms with E-state index in [1.165, 1.54) is 17.7 Å². The zero-order valence-electron chi connectivity index (χ0n) is 14.0. The maximum absolute atomic E-state index is 12.5. The lowest BCUT2D eigenvalue weighted by atomic mass is 10.1. The van der Waals surface area contributed by atoms with Crippen molar-refractivity contribution >= 4 is 5.91 Å². The minimum Gasteiger partial charge on any atom is -0.508 e. The van der Waals surface area contributed by atoms with E-state index in [2.05, 4.69) is 24.1 Å². The van der Waals surface area contributed by atoms with Crippen molar-refractivity contribution in [2.45, 2.75) is 45.6 Å². The van der Waals surface area contributed by atoms with Crippen LogP contribution in [0.3, 0.4) is 0 Å². The lowest BCUT2D eigenvalue weighted by molar-refractivity contribution is 0.0939. The first kappa shape index (κ1) is 17.1. The topological polar surface area (TPSA) is 61.4 Å². The molecule has 1 aromatic carbocycles. The van der Waals surface area contributed by atoms with Crippen LogP contribution in [0.15, 0.2) is 47.7 Å². The van der Waals surface area contributed by atoms with Crippen LogP contribution in [-0.2, 0) is 0 Å². The number of hydrogen-bond donors (Lipinski definition) is 3. The van der Waals surface area contributed by atoms with Gasteiger partial charge in [0.05, 0.1) is 6.04 Å². The number of carbonyl (C=O) groups is 1. The van der Waals surface area contributed by atoms with Crippen molar-refractivity contribution in [1.29, 1.82) is 0 Å². The van der Waals surface area contributed by atoms with Crippen molar-refractivity contribution in [2.24, 2.45) is 0 Å². The molecule has 3 N–H and O–H groups in total. The van der Waals surface area contributed by atoms with E-state index in [9.17, 15) is 9.90 Å². The van der Waals surface area contributed by atoms with E-state index in [0.29, 0.717) is 5.56 Å². The summed E-state index contributed by atoms with van der Waals surface area (Å²) in [6, 6.07) is 6.34. The first-order valence-electron chi connectivity index (χ1n) is 8.21. The number of phenols is 1. The maximum atomic E-state index is 12.5. The van der Waals surface area contributed by atoms with Gasteiger partial charge in [-0.15, -0.1) is 0 Å². The molecule has 0 aliphatic heterocycles. The third-order valence-corrected chi connectivity index (χ3v) is 3.82. The highest BCUT2D eigenvalue weighted by Crippen LogP contribution is 2.32. The van der Waals surface area contributed by atoms with Gasteiger partial charge in [0.15, 0.2) is 0 Å². The van der Waals surface area contributed by atoms with Crippen molar-refractivity contribution in [1.82, 2.24) is 10.6 Å². The third-order valence-electron chi connectivity index (χ3n) is 3.82. The van der Waals surface area contributed by atoms with E-state index in [-0.39, 0.29) is 17.7 Å². The van der Waals surface area contributed by atoms with E-state index >= 15 is 0 Å². The van der Waals surface area contributed by atoms with Crippen LogP contribution < -0.4 is 10.6 Å². The van der Waals surface area contributed by atoms with E-state index < -0.39 is 0 Å². The minimum atomic E-state index is -0.112. The first-order valence-corrected chi connectivity index (χ1v) is 8.21. The summed E-state index contributed by atoms with van der Waals surface area (Å²) in [6.45, 7) is 8.77. The van der Waals surface area contributed by atoms with Gasteiger partial charge in [0.1, 0.15) is 5.75 Å². The fraction of sp³-hybridized carbons (Fsp3) is 0.421. The number of nitrogens with one attached hydrogen (secondary N) is 2. The largest absolute Gasteiger partial charge is 0.508 e. The monoisotopic (exact) mass is 314 g/mol. The molecule has 1 amide bonds. The quantitative estimate of drug-likeness (QED) is 0.644. The molecule has 0 saturated heterocycles. The van der Waals surface area contributed by atoms with Gasteiger partial charge >= 0.3 is 0 Å². The van der Waals surface area contributed by atoms with Gasteiger partial charge in [-0.05, 0) is 56.0 Å². The molecule has 4 heteroatoms. The van der Waals surface area contributed by atoms with E-state index in [4.69, 9.17) is 0 Å². The normalized spacial score (nSPS) is 14.1. The highest BCUT2D eigenvalue weighted by molar-refractivity contribution is 5.94. The number of allylic oxidation sites excluding steroid dienone is 1. The Morgan fingerprint density at radius 3 is 2.48 bits per heavy atom. The third kappa shape index (κ3) is 5.16. The molecule has 1 aliphatic carbocycles. The molecule has 1 saturated carbocycles. The minimum absolute atomic E-state index is 0.00171. The van der Waals surface area contributed by atoms with Gasteiger partial charge in [-0.3, -0.25) is 4.79 Å². The molecular formula is C19H26N2O2. The molecule has 0 aromatic heterocycles. The maximum Gasteiger partial charge on any atom is 0.251 e. The lowest BCUT2D eigenvalue weighted by Gasteiger charge is -2.23. The fourth-order valence-electron chi connectivity index (χ4n) is 2.50. The summed E-state index contributed by atoms with van der Waals surface area (Å²) in [7, 11) is 0. The predicted octanol–water partition coefficient (Wildman–Crippen LogP) is 3.50. The summed E-state index contributed by atoms with van der Waals surface area (Å²) in [5.74, 6) is 0.0508. The number of carbonyl (C=O) groups excluding carboxylic acids is 1. The summed E-state index contributed by atoms with van der Waals surface area (Å²) < 4.78 is 0. The molecule has 1 aliphatic rings. The molecule has 1 aromatic rings. The van der Waals surface area contributed by atoms with Gasteiger partial charge in [0.2, 0.25) is 0 Å². The van der Waals surface area contributed by atoms with Crippen molar-refractivity contribution < 1.29 is 9.90 Å². The molecule has 23 heavy (non-hydrogen) atoms. The van der Waals surface area contributed by atoms with Crippen LogP contribution in [0.2, 0.25) is 0 Å². The average molecular weight is 314 g/mol. The van der Waals surface area contributed by atoms with Crippen LogP contribution in [-0.4, -0.2) is 23.6 Å². The summed E-state index contributed by atoms with van der Waals surface area (Å²) in [5, 5.41) is 15.9. The molecule has 124 valence electrons. The Hall–Kier alpha value is -2.23. The highest BCUT2D eigenvalue weighted by Gasteiger charge is 2.25. The Kier molecular flexibility index (Phi) is 5.85. The molecule has 0 spiro atoms. The van der Waals surface area contributed by atoms with Gasteiger partial charge in [-0.1, -0.05) is 25.5 Å². The van der Waals surface area contributed by atoms with Crippen molar-refractivity contribution in [2.75, 3.05) is 6.54 Å². The average Bonchev–Trinajstić information content (AvgIpc) is 3.32. The Labute approximate surface area is 138 Å². The number of rotatable bonds is 8. The van der Waals surface area contributed by atoms with Crippen molar-refractivity contribution in [3.8, 4) is 5.75 Å². The van der Waals surface area contributed by atoms with Crippen LogP contribution >= 0.6 is 0 Å². The fourth-order valence-corrected chi connectivity index (χ4v) is 2.50. The van der Waals surface area contributed by atoms with Crippen molar-refractivity contribution in [3.63, 3.8) is 0 Å². The highest BCUT2D eigenvalue weighted by atomic mass is 16.3.